The van der Waals surface area contributed by atoms with E-state index in [4.69, 9.17) is 0 Å². The molecule has 2 heterocycles. The fourth-order valence-electron chi connectivity index (χ4n) is 3.84. The Balaban J connectivity index is 1.37. The van der Waals surface area contributed by atoms with Gasteiger partial charge in [-0.2, -0.15) is 0 Å². The number of hydrogen-bond donors (Lipinski definition) is 1. The highest BCUT2D eigenvalue weighted by atomic mass is 16.2. The van der Waals surface area contributed by atoms with E-state index in [1.165, 1.54) is 11.1 Å². The Hall–Kier alpha value is -2.66. The lowest BCUT2D eigenvalue weighted by molar-refractivity contribution is -0.116. The van der Waals surface area contributed by atoms with E-state index in [2.05, 4.69) is 41.4 Å². The molecule has 0 unspecified atom stereocenters. The van der Waals surface area contributed by atoms with Crippen LogP contribution >= 0.6 is 0 Å². The first kappa shape index (κ1) is 17.7. The van der Waals surface area contributed by atoms with Crippen LogP contribution in [0.25, 0.3) is 0 Å². The molecular formula is C22H25N3O2. The van der Waals surface area contributed by atoms with Crippen molar-refractivity contribution in [3.05, 3.63) is 64.7 Å². The van der Waals surface area contributed by atoms with Gasteiger partial charge < -0.3 is 10.2 Å². The summed E-state index contributed by atoms with van der Waals surface area (Å²) in [6.07, 6.45) is 1.19. The van der Waals surface area contributed by atoms with Gasteiger partial charge in [-0.1, -0.05) is 24.3 Å². The summed E-state index contributed by atoms with van der Waals surface area (Å²) in [5.41, 5.74) is 5.29. The van der Waals surface area contributed by atoms with Crippen LogP contribution in [-0.2, 0) is 17.8 Å². The summed E-state index contributed by atoms with van der Waals surface area (Å²) in [7, 11) is 0. The average Bonchev–Trinajstić information content (AvgIpc) is 2.69. The van der Waals surface area contributed by atoms with Crippen molar-refractivity contribution in [2.75, 3.05) is 31.5 Å². The molecule has 140 valence electrons. The number of hydrogen-bond acceptors (Lipinski definition) is 3. The molecule has 1 N–H and O–H groups in total. The molecule has 0 bridgehead atoms. The average molecular weight is 363 g/mol. The summed E-state index contributed by atoms with van der Waals surface area (Å²) in [4.78, 5) is 28.7. The minimum absolute atomic E-state index is 0.0475. The second-order valence-corrected chi connectivity index (χ2v) is 7.41. The Bertz CT molecular complexity index is 870. The van der Waals surface area contributed by atoms with Crippen LogP contribution in [0.1, 0.15) is 33.5 Å². The van der Waals surface area contributed by atoms with Crippen LogP contribution in [-0.4, -0.2) is 47.8 Å². The number of benzene rings is 2. The van der Waals surface area contributed by atoms with Gasteiger partial charge in [-0.3, -0.25) is 14.5 Å². The van der Waals surface area contributed by atoms with Crippen molar-refractivity contribution in [2.24, 2.45) is 0 Å². The highest BCUT2D eigenvalue weighted by Gasteiger charge is 2.24. The molecule has 0 radical (unpaired) electrons. The smallest absolute Gasteiger partial charge is 0.253 e. The first-order valence-electron chi connectivity index (χ1n) is 9.59. The van der Waals surface area contributed by atoms with Crippen molar-refractivity contribution < 1.29 is 9.59 Å². The van der Waals surface area contributed by atoms with Crippen molar-refractivity contribution in [3.8, 4) is 0 Å². The van der Waals surface area contributed by atoms with E-state index in [-0.39, 0.29) is 11.8 Å². The van der Waals surface area contributed by atoms with Crippen molar-refractivity contribution in [1.82, 2.24) is 9.80 Å². The van der Waals surface area contributed by atoms with E-state index in [1.54, 1.807) is 0 Å². The van der Waals surface area contributed by atoms with Gasteiger partial charge in [-0.05, 0) is 48.2 Å². The Labute approximate surface area is 160 Å². The SMILES string of the molecule is Cc1ccccc1CN1CCN(C(=O)c2ccc3c(c2)CCC(=O)N3)CC1. The summed E-state index contributed by atoms with van der Waals surface area (Å²) in [6.45, 7) is 6.36. The largest absolute Gasteiger partial charge is 0.336 e. The van der Waals surface area contributed by atoms with Gasteiger partial charge in [0.25, 0.3) is 5.91 Å². The Morgan fingerprint density at radius 2 is 1.81 bits per heavy atom. The molecule has 2 aliphatic heterocycles. The zero-order valence-electron chi connectivity index (χ0n) is 15.7. The molecule has 2 amide bonds. The minimum Gasteiger partial charge on any atom is -0.336 e. The van der Waals surface area contributed by atoms with E-state index in [0.717, 1.165) is 49.5 Å². The molecule has 2 aliphatic rings. The highest BCUT2D eigenvalue weighted by molar-refractivity contribution is 5.98. The molecule has 5 heteroatoms. The van der Waals surface area contributed by atoms with Crippen LogP contribution in [0.15, 0.2) is 42.5 Å². The Morgan fingerprint density at radius 3 is 2.59 bits per heavy atom. The number of nitrogens with zero attached hydrogens (tertiary/aromatic N) is 2. The summed E-state index contributed by atoms with van der Waals surface area (Å²) >= 11 is 0. The fraction of sp³-hybridized carbons (Fsp3) is 0.364. The number of carbonyl (C=O) groups excluding carboxylic acids is 2. The van der Waals surface area contributed by atoms with E-state index in [0.29, 0.717) is 12.8 Å². The van der Waals surface area contributed by atoms with E-state index < -0.39 is 0 Å². The van der Waals surface area contributed by atoms with E-state index in [1.807, 2.05) is 23.1 Å². The van der Waals surface area contributed by atoms with Crippen LogP contribution in [0.3, 0.4) is 0 Å². The van der Waals surface area contributed by atoms with Gasteiger partial charge in [0.05, 0.1) is 0 Å². The standard InChI is InChI=1S/C22H25N3O2/c1-16-4-2-3-5-19(16)15-24-10-12-25(13-11-24)22(27)18-6-8-20-17(14-18)7-9-21(26)23-20/h2-6,8,14H,7,9-13,15H2,1H3,(H,23,26). The maximum Gasteiger partial charge on any atom is 0.253 e. The summed E-state index contributed by atoms with van der Waals surface area (Å²) in [5, 5.41) is 2.87. The minimum atomic E-state index is 0.0475. The van der Waals surface area contributed by atoms with Crippen molar-refractivity contribution >= 4 is 17.5 Å². The third kappa shape index (κ3) is 3.88. The second-order valence-electron chi connectivity index (χ2n) is 7.41. The van der Waals surface area contributed by atoms with E-state index >= 15 is 0 Å². The molecule has 27 heavy (non-hydrogen) atoms. The number of fused-ring (bicyclic) bond motifs is 1. The predicted molar refractivity (Wildman–Crippen MR) is 106 cm³/mol. The van der Waals surface area contributed by atoms with Gasteiger partial charge in [0.2, 0.25) is 5.91 Å². The Kier molecular flexibility index (Phi) is 4.94. The summed E-state index contributed by atoms with van der Waals surface area (Å²) < 4.78 is 0. The monoisotopic (exact) mass is 363 g/mol. The molecule has 2 aromatic carbocycles. The van der Waals surface area contributed by atoms with Crippen molar-refractivity contribution in [1.29, 1.82) is 0 Å². The molecule has 0 aliphatic carbocycles. The maximum atomic E-state index is 12.9. The number of nitrogens with one attached hydrogen (secondary N) is 1. The number of carbonyl (C=O) groups is 2. The zero-order chi connectivity index (χ0) is 18.8. The first-order chi connectivity index (χ1) is 13.1. The molecule has 2 aromatic rings. The van der Waals surface area contributed by atoms with Crippen LogP contribution in [0, 0.1) is 6.92 Å². The third-order valence-electron chi connectivity index (χ3n) is 5.56. The van der Waals surface area contributed by atoms with Gasteiger partial charge >= 0.3 is 0 Å². The molecule has 0 aromatic heterocycles. The quantitative estimate of drug-likeness (QED) is 0.912. The van der Waals surface area contributed by atoms with Crippen molar-refractivity contribution in [3.63, 3.8) is 0 Å². The number of rotatable bonds is 3. The molecule has 0 atom stereocenters. The molecule has 4 rings (SSSR count). The Morgan fingerprint density at radius 1 is 1.04 bits per heavy atom. The van der Waals surface area contributed by atoms with Gasteiger partial charge in [-0.15, -0.1) is 0 Å². The second kappa shape index (κ2) is 7.53. The maximum absolute atomic E-state index is 12.9. The van der Waals surface area contributed by atoms with Crippen LogP contribution in [0.2, 0.25) is 0 Å². The van der Waals surface area contributed by atoms with Gasteiger partial charge in [0, 0.05) is 50.4 Å². The number of piperazine rings is 1. The summed E-state index contributed by atoms with van der Waals surface area (Å²) in [5.74, 6) is 0.136. The van der Waals surface area contributed by atoms with Crippen LogP contribution < -0.4 is 5.32 Å². The molecule has 0 spiro atoms. The molecular weight excluding hydrogens is 338 g/mol. The van der Waals surface area contributed by atoms with Gasteiger partial charge in [0.1, 0.15) is 0 Å². The lowest BCUT2D eigenvalue weighted by Crippen LogP contribution is -2.48. The van der Waals surface area contributed by atoms with Gasteiger partial charge in [-0.25, -0.2) is 0 Å². The first-order valence-corrected chi connectivity index (χ1v) is 9.59. The number of aryl methyl sites for hydroxylation is 2. The molecule has 1 fully saturated rings. The van der Waals surface area contributed by atoms with Crippen LogP contribution in [0.4, 0.5) is 5.69 Å². The lowest BCUT2D eigenvalue weighted by atomic mass is 10.00. The lowest BCUT2D eigenvalue weighted by Gasteiger charge is -2.35. The fourth-order valence-corrected chi connectivity index (χ4v) is 3.84. The van der Waals surface area contributed by atoms with Gasteiger partial charge in [0.15, 0.2) is 0 Å². The molecule has 1 saturated heterocycles. The number of anilines is 1. The van der Waals surface area contributed by atoms with Crippen molar-refractivity contribution in [2.45, 2.75) is 26.3 Å². The molecule has 5 nitrogen and oxygen atoms in total. The topological polar surface area (TPSA) is 52.7 Å². The molecule has 0 saturated carbocycles. The predicted octanol–water partition coefficient (Wildman–Crippen LogP) is 2.84. The number of amides is 2. The normalized spacial score (nSPS) is 17.4. The van der Waals surface area contributed by atoms with E-state index in [9.17, 15) is 9.59 Å². The van der Waals surface area contributed by atoms with Crippen LogP contribution in [0.5, 0.6) is 0 Å². The third-order valence-corrected chi connectivity index (χ3v) is 5.56. The summed E-state index contributed by atoms with van der Waals surface area (Å²) in [6, 6.07) is 14.1. The highest BCUT2D eigenvalue weighted by Crippen LogP contribution is 2.24. The zero-order valence-corrected chi connectivity index (χ0v) is 15.7.